The van der Waals surface area contributed by atoms with Gasteiger partial charge in [-0.1, -0.05) is 24.3 Å². The van der Waals surface area contributed by atoms with Crippen LogP contribution in [-0.4, -0.2) is 39.1 Å². The fourth-order valence-corrected chi connectivity index (χ4v) is 2.33. The van der Waals surface area contributed by atoms with Crippen LogP contribution in [0.2, 0.25) is 0 Å². The van der Waals surface area contributed by atoms with Gasteiger partial charge in [0.2, 0.25) is 0 Å². The number of benzene rings is 1. The van der Waals surface area contributed by atoms with Gasteiger partial charge in [-0.05, 0) is 38.3 Å². The maximum atomic E-state index is 12.2. The molecular weight excluding hydrogens is 258 g/mol. The second kappa shape index (κ2) is 5.42. The summed E-state index contributed by atoms with van der Waals surface area (Å²) in [5.74, 6) is 0. The van der Waals surface area contributed by atoms with E-state index in [2.05, 4.69) is 0 Å². The highest BCUT2D eigenvalue weighted by molar-refractivity contribution is 5.69. The van der Waals surface area contributed by atoms with E-state index in [1.165, 1.54) is 4.90 Å². The van der Waals surface area contributed by atoms with Crippen molar-refractivity contribution >= 4 is 6.09 Å². The molecule has 1 heterocycles. The number of aliphatic hydroxyl groups is 2. The molecule has 0 radical (unpaired) electrons. The molecule has 1 aliphatic heterocycles. The molecule has 0 bridgehead atoms. The Kier molecular flexibility index (Phi) is 4.01. The molecule has 0 aliphatic carbocycles. The molecule has 0 aromatic heterocycles. The predicted octanol–water partition coefficient (Wildman–Crippen LogP) is 1.66. The van der Waals surface area contributed by atoms with Gasteiger partial charge in [-0.3, -0.25) is 4.90 Å². The lowest BCUT2D eigenvalue weighted by Gasteiger charge is -2.38. The average Bonchev–Trinajstić information content (AvgIpc) is 2.35. The lowest BCUT2D eigenvalue weighted by atomic mass is 9.94. The lowest BCUT2D eigenvalue weighted by molar-refractivity contribution is -0.105. The van der Waals surface area contributed by atoms with Crippen LogP contribution in [0.4, 0.5) is 4.79 Å². The number of ether oxygens (including phenoxy) is 1. The van der Waals surface area contributed by atoms with Gasteiger partial charge >= 0.3 is 6.09 Å². The zero-order chi connectivity index (χ0) is 14.9. The van der Waals surface area contributed by atoms with Crippen LogP contribution >= 0.6 is 0 Å². The Morgan fingerprint density at radius 1 is 1.30 bits per heavy atom. The van der Waals surface area contributed by atoms with Crippen LogP contribution in [0.3, 0.4) is 0 Å². The van der Waals surface area contributed by atoms with Crippen molar-refractivity contribution in [2.24, 2.45) is 0 Å². The predicted molar refractivity (Wildman–Crippen MR) is 73.9 cm³/mol. The second-order valence-corrected chi connectivity index (χ2v) is 6.06. The third-order valence-corrected chi connectivity index (χ3v) is 3.26. The molecule has 1 aliphatic rings. The van der Waals surface area contributed by atoms with Gasteiger partial charge in [0, 0.05) is 6.54 Å². The Balaban J connectivity index is 2.24. The third kappa shape index (κ3) is 3.29. The lowest BCUT2D eigenvalue weighted by Crippen LogP contribution is -2.51. The van der Waals surface area contributed by atoms with Crippen molar-refractivity contribution in [2.45, 2.75) is 51.7 Å². The molecule has 1 unspecified atom stereocenters. The van der Waals surface area contributed by atoms with E-state index in [0.717, 1.165) is 11.1 Å². The van der Waals surface area contributed by atoms with Crippen molar-refractivity contribution in [1.29, 1.82) is 0 Å². The molecule has 5 heteroatoms. The minimum atomic E-state index is -1.59. The minimum absolute atomic E-state index is 0.327. The van der Waals surface area contributed by atoms with Crippen LogP contribution in [0.1, 0.15) is 31.9 Å². The van der Waals surface area contributed by atoms with E-state index in [9.17, 15) is 15.0 Å². The first-order valence-corrected chi connectivity index (χ1v) is 6.70. The summed E-state index contributed by atoms with van der Waals surface area (Å²) in [4.78, 5) is 13.6. The van der Waals surface area contributed by atoms with Crippen molar-refractivity contribution in [3.8, 4) is 0 Å². The molecule has 0 saturated carbocycles. The van der Waals surface area contributed by atoms with Crippen molar-refractivity contribution < 1.29 is 19.7 Å². The molecule has 1 amide bonds. The minimum Gasteiger partial charge on any atom is -0.444 e. The summed E-state index contributed by atoms with van der Waals surface area (Å²) in [6, 6.07) is 7.01. The van der Waals surface area contributed by atoms with Crippen LogP contribution in [0.15, 0.2) is 24.3 Å². The van der Waals surface area contributed by atoms with Gasteiger partial charge in [-0.25, -0.2) is 4.79 Å². The molecule has 1 atom stereocenters. The Hall–Kier alpha value is -1.59. The first-order chi connectivity index (χ1) is 9.28. The van der Waals surface area contributed by atoms with Gasteiger partial charge in [0.15, 0.2) is 6.29 Å². The van der Waals surface area contributed by atoms with Crippen LogP contribution in [0.5, 0.6) is 0 Å². The number of amides is 1. The SMILES string of the molecule is CC(C)(C)OC(=O)N1Cc2ccccc2CC1C(O)O. The van der Waals surface area contributed by atoms with Gasteiger partial charge < -0.3 is 14.9 Å². The van der Waals surface area contributed by atoms with Crippen molar-refractivity contribution in [2.75, 3.05) is 0 Å². The summed E-state index contributed by atoms with van der Waals surface area (Å²) in [6.45, 7) is 5.68. The molecular formula is C15H21NO4. The molecule has 110 valence electrons. The van der Waals surface area contributed by atoms with Gasteiger partial charge in [-0.2, -0.15) is 0 Å². The highest BCUT2D eigenvalue weighted by Crippen LogP contribution is 2.26. The maximum absolute atomic E-state index is 12.2. The molecule has 1 aromatic carbocycles. The molecule has 0 fully saturated rings. The molecule has 0 saturated heterocycles. The van der Waals surface area contributed by atoms with E-state index in [1.807, 2.05) is 24.3 Å². The highest BCUT2D eigenvalue weighted by Gasteiger charge is 2.36. The zero-order valence-electron chi connectivity index (χ0n) is 12.0. The molecule has 2 rings (SSSR count). The van der Waals surface area contributed by atoms with Crippen molar-refractivity contribution in [1.82, 2.24) is 4.90 Å². The van der Waals surface area contributed by atoms with E-state index < -0.39 is 24.0 Å². The van der Waals surface area contributed by atoms with Gasteiger partial charge in [0.25, 0.3) is 0 Å². The third-order valence-electron chi connectivity index (χ3n) is 3.26. The smallest absolute Gasteiger partial charge is 0.411 e. The summed E-state index contributed by atoms with van der Waals surface area (Å²) in [7, 11) is 0. The number of hydrogen-bond acceptors (Lipinski definition) is 4. The monoisotopic (exact) mass is 279 g/mol. The maximum Gasteiger partial charge on any atom is 0.411 e. The Labute approximate surface area is 118 Å². The van der Waals surface area contributed by atoms with Gasteiger partial charge in [0.05, 0.1) is 6.04 Å². The molecule has 0 spiro atoms. The van der Waals surface area contributed by atoms with E-state index in [1.54, 1.807) is 20.8 Å². The fraction of sp³-hybridized carbons (Fsp3) is 0.533. The summed E-state index contributed by atoms with van der Waals surface area (Å²) in [5, 5.41) is 19.1. The van der Waals surface area contributed by atoms with Crippen molar-refractivity contribution in [3.05, 3.63) is 35.4 Å². The standard InChI is InChI=1S/C15H21NO4/c1-15(2,3)20-14(19)16-9-11-7-5-4-6-10(11)8-12(16)13(17)18/h4-7,12-13,17-18H,8-9H2,1-3H3. The number of fused-ring (bicyclic) bond motifs is 1. The number of aliphatic hydroxyl groups excluding tert-OH is 1. The van der Waals surface area contributed by atoms with Crippen LogP contribution < -0.4 is 0 Å². The molecule has 5 nitrogen and oxygen atoms in total. The van der Waals surface area contributed by atoms with Crippen LogP contribution in [-0.2, 0) is 17.7 Å². The summed E-state index contributed by atoms with van der Waals surface area (Å²) in [6.07, 6.45) is -1.70. The van der Waals surface area contributed by atoms with E-state index >= 15 is 0 Å². The molecule has 1 aromatic rings. The summed E-state index contributed by atoms with van der Waals surface area (Å²) >= 11 is 0. The Bertz CT molecular complexity index is 493. The normalized spacial score (nSPS) is 18.9. The second-order valence-electron chi connectivity index (χ2n) is 6.06. The summed E-state index contributed by atoms with van der Waals surface area (Å²) in [5.41, 5.74) is 1.43. The highest BCUT2D eigenvalue weighted by atomic mass is 16.6. The topological polar surface area (TPSA) is 70.0 Å². The van der Waals surface area contributed by atoms with Gasteiger partial charge in [0.1, 0.15) is 5.60 Å². The number of hydrogen-bond donors (Lipinski definition) is 2. The Morgan fingerprint density at radius 2 is 1.90 bits per heavy atom. The van der Waals surface area contributed by atoms with E-state index in [-0.39, 0.29) is 0 Å². The van der Waals surface area contributed by atoms with Crippen LogP contribution in [0.25, 0.3) is 0 Å². The first-order valence-electron chi connectivity index (χ1n) is 6.70. The molecule has 2 N–H and O–H groups in total. The number of nitrogens with zero attached hydrogens (tertiary/aromatic N) is 1. The average molecular weight is 279 g/mol. The van der Waals surface area contributed by atoms with Crippen LogP contribution in [0, 0.1) is 0 Å². The van der Waals surface area contributed by atoms with Crippen molar-refractivity contribution in [3.63, 3.8) is 0 Å². The molecule has 20 heavy (non-hydrogen) atoms. The first kappa shape index (κ1) is 14.8. The summed E-state index contributed by atoms with van der Waals surface area (Å²) < 4.78 is 5.34. The Morgan fingerprint density at radius 3 is 2.45 bits per heavy atom. The number of carbonyl (C=O) groups excluding carboxylic acids is 1. The zero-order valence-corrected chi connectivity index (χ0v) is 12.0. The number of carbonyl (C=O) groups is 1. The fourth-order valence-electron chi connectivity index (χ4n) is 2.33. The number of rotatable bonds is 1. The quantitative estimate of drug-likeness (QED) is 0.767. The largest absolute Gasteiger partial charge is 0.444 e. The van der Waals surface area contributed by atoms with Gasteiger partial charge in [-0.15, -0.1) is 0 Å². The van der Waals surface area contributed by atoms with E-state index in [0.29, 0.717) is 13.0 Å². The van der Waals surface area contributed by atoms with E-state index in [4.69, 9.17) is 4.74 Å².